The Bertz CT molecular complexity index is 328. The molecule has 0 amide bonds. The van der Waals surface area contributed by atoms with Crippen LogP contribution in [-0.4, -0.2) is 28.6 Å². The predicted octanol–water partition coefficient (Wildman–Crippen LogP) is 0.480. The normalized spacial score (nSPS) is 24.4. The van der Waals surface area contributed by atoms with Gasteiger partial charge in [-0.1, -0.05) is 0 Å². The van der Waals surface area contributed by atoms with Crippen molar-refractivity contribution in [2.24, 2.45) is 0 Å². The molecule has 0 saturated carbocycles. The highest BCUT2D eigenvalue weighted by molar-refractivity contribution is 5.78. The van der Waals surface area contributed by atoms with Crippen molar-refractivity contribution >= 4 is 5.97 Å². The molecule has 0 spiro atoms. The summed E-state index contributed by atoms with van der Waals surface area (Å²) in [6, 6.07) is 0. The molecule has 0 N–H and O–H groups in total. The molecule has 1 aromatic rings. The molecule has 2 atom stereocenters. The predicted molar refractivity (Wildman–Crippen MR) is 46.3 cm³/mol. The van der Waals surface area contributed by atoms with Crippen LogP contribution in [0.4, 0.5) is 0 Å². The quantitative estimate of drug-likeness (QED) is 0.517. The van der Waals surface area contributed by atoms with Crippen LogP contribution >= 0.6 is 0 Å². The third-order valence-corrected chi connectivity index (χ3v) is 1.92. The monoisotopic (exact) mass is 194 g/mol. The van der Waals surface area contributed by atoms with E-state index in [0.29, 0.717) is 6.61 Å². The smallest absolute Gasteiger partial charge is 0.338 e. The Morgan fingerprint density at radius 3 is 2.93 bits per heavy atom. The lowest BCUT2D eigenvalue weighted by molar-refractivity contribution is -0.144. The first-order valence-electron chi connectivity index (χ1n) is 4.40. The average molecular weight is 194 g/mol. The molecular weight excluding hydrogens is 184 g/mol. The molecule has 1 saturated heterocycles. The van der Waals surface area contributed by atoms with Crippen LogP contribution in [0.15, 0.2) is 18.7 Å². The Kier molecular flexibility index (Phi) is 2.41. The Morgan fingerprint density at radius 1 is 1.57 bits per heavy atom. The first-order chi connectivity index (χ1) is 6.83. The number of hydrogen-bond acceptors (Lipinski definition) is 5. The van der Waals surface area contributed by atoms with Gasteiger partial charge in [0.2, 0.25) is 0 Å². The number of esters is 1. The second-order valence-electron chi connectivity index (χ2n) is 2.90. The highest BCUT2D eigenvalue weighted by Gasteiger charge is 2.47. The van der Waals surface area contributed by atoms with Crippen molar-refractivity contribution in [1.82, 2.24) is 9.97 Å². The number of carbonyl (C=O) groups is 1. The molecule has 1 aromatic heterocycles. The molecule has 5 heteroatoms. The third kappa shape index (κ3) is 1.72. The topological polar surface area (TPSA) is 64.6 Å². The Morgan fingerprint density at radius 2 is 2.29 bits per heavy atom. The zero-order valence-corrected chi connectivity index (χ0v) is 7.71. The van der Waals surface area contributed by atoms with Gasteiger partial charge in [-0.15, -0.1) is 0 Å². The van der Waals surface area contributed by atoms with E-state index in [1.807, 2.05) is 0 Å². The number of epoxide rings is 1. The lowest BCUT2D eigenvalue weighted by Gasteiger charge is -1.96. The summed E-state index contributed by atoms with van der Waals surface area (Å²) in [6.07, 6.45) is 4.01. The molecule has 0 aromatic carbocycles. The van der Waals surface area contributed by atoms with Gasteiger partial charge in [0.05, 0.1) is 6.61 Å². The van der Waals surface area contributed by atoms with Crippen molar-refractivity contribution in [3.63, 3.8) is 0 Å². The molecule has 1 aliphatic heterocycles. The van der Waals surface area contributed by atoms with Gasteiger partial charge in [0.25, 0.3) is 0 Å². The number of ether oxygens (including phenoxy) is 2. The first kappa shape index (κ1) is 9.08. The molecule has 0 bridgehead atoms. The molecule has 0 radical (unpaired) electrons. The second kappa shape index (κ2) is 3.71. The summed E-state index contributed by atoms with van der Waals surface area (Å²) in [4.78, 5) is 18.9. The SMILES string of the molecule is CCOC(=O)[C@H]1O[C@@H]1c1cncnc1. The molecular formula is C9H10N2O3. The van der Waals surface area contributed by atoms with E-state index in [9.17, 15) is 4.79 Å². The molecule has 74 valence electrons. The standard InChI is InChI=1S/C9H10N2O3/c1-2-13-9(12)8-7(14-8)6-3-10-5-11-4-6/h3-5,7-8H,2H2,1H3/t7-,8+/m1/s1. The summed E-state index contributed by atoms with van der Waals surface area (Å²) < 4.78 is 9.98. The van der Waals surface area contributed by atoms with Gasteiger partial charge in [0.1, 0.15) is 12.4 Å². The lowest BCUT2D eigenvalue weighted by atomic mass is 10.2. The van der Waals surface area contributed by atoms with Crippen LogP contribution in [0.1, 0.15) is 18.6 Å². The van der Waals surface area contributed by atoms with E-state index in [2.05, 4.69) is 9.97 Å². The number of aromatic nitrogens is 2. The minimum Gasteiger partial charge on any atom is -0.464 e. The Hall–Kier alpha value is -1.49. The van der Waals surface area contributed by atoms with E-state index in [1.54, 1.807) is 19.3 Å². The molecule has 1 fully saturated rings. The summed E-state index contributed by atoms with van der Waals surface area (Å²) in [5.74, 6) is -0.318. The summed E-state index contributed by atoms with van der Waals surface area (Å²) in [5, 5.41) is 0. The molecule has 14 heavy (non-hydrogen) atoms. The van der Waals surface area contributed by atoms with Gasteiger partial charge in [0, 0.05) is 18.0 Å². The maximum absolute atomic E-state index is 11.2. The van der Waals surface area contributed by atoms with Crippen LogP contribution in [0.5, 0.6) is 0 Å². The highest BCUT2D eigenvalue weighted by Crippen LogP contribution is 2.38. The maximum atomic E-state index is 11.2. The van der Waals surface area contributed by atoms with Crippen LogP contribution in [0.3, 0.4) is 0 Å². The molecule has 1 aliphatic rings. The zero-order chi connectivity index (χ0) is 9.97. The fourth-order valence-electron chi connectivity index (χ4n) is 1.23. The molecule has 0 unspecified atom stereocenters. The van der Waals surface area contributed by atoms with Crippen molar-refractivity contribution in [2.75, 3.05) is 6.61 Å². The molecule has 5 nitrogen and oxygen atoms in total. The van der Waals surface area contributed by atoms with Gasteiger partial charge in [-0.05, 0) is 6.92 Å². The maximum Gasteiger partial charge on any atom is 0.338 e. The lowest BCUT2D eigenvalue weighted by Crippen LogP contribution is -2.11. The van der Waals surface area contributed by atoms with E-state index in [0.717, 1.165) is 5.56 Å². The number of carbonyl (C=O) groups excluding carboxylic acids is 1. The van der Waals surface area contributed by atoms with Gasteiger partial charge >= 0.3 is 5.97 Å². The van der Waals surface area contributed by atoms with Gasteiger partial charge in [-0.25, -0.2) is 14.8 Å². The van der Waals surface area contributed by atoms with Gasteiger partial charge in [-0.2, -0.15) is 0 Å². The highest BCUT2D eigenvalue weighted by atomic mass is 16.6. The van der Waals surface area contributed by atoms with E-state index < -0.39 is 6.10 Å². The summed E-state index contributed by atoms with van der Waals surface area (Å²) in [6.45, 7) is 2.14. The first-order valence-corrected chi connectivity index (χ1v) is 4.40. The van der Waals surface area contributed by atoms with Crippen molar-refractivity contribution in [2.45, 2.75) is 19.1 Å². The number of hydrogen-bond donors (Lipinski definition) is 0. The van der Waals surface area contributed by atoms with Crippen molar-refractivity contribution in [3.05, 3.63) is 24.3 Å². The van der Waals surface area contributed by atoms with Crippen LogP contribution in [0.2, 0.25) is 0 Å². The second-order valence-corrected chi connectivity index (χ2v) is 2.90. The number of rotatable bonds is 3. The zero-order valence-electron chi connectivity index (χ0n) is 7.71. The van der Waals surface area contributed by atoms with E-state index in [1.165, 1.54) is 6.33 Å². The minimum atomic E-state index is -0.471. The summed E-state index contributed by atoms with van der Waals surface area (Å²) >= 11 is 0. The van der Waals surface area contributed by atoms with E-state index in [-0.39, 0.29) is 12.1 Å². The fourth-order valence-corrected chi connectivity index (χ4v) is 1.23. The van der Waals surface area contributed by atoms with E-state index in [4.69, 9.17) is 9.47 Å². The van der Waals surface area contributed by atoms with Gasteiger partial charge < -0.3 is 9.47 Å². The largest absolute Gasteiger partial charge is 0.464 e. The summed E-state index contributed by atoms with van der Waals surface area (Å²) in [7, 11) is 0. The fraction of sp³-hybridized carbons (Fsp3) is 0.444. The molecule has 2 rings (SSSR count). The molecule has 2 heterocycles. The van der Waals surface area contributed by atoms with Crippen LogP contribution in [0, 0.1) is 0 Å². The minimum absolute atomic E-state index is 0.227. The Labute approximate surface area is 81.1 Å². The Balaban J connectivity index is 1.96. The van der Waals surface area contributed by atoms with E-state index >= 15 is 0 Å². The number of nitrogens with zero attached hydrogens (tertiary/aromatic N) is 2. The molecule has 0 aliphatic carbocycles. The van der Waals surface area contributed by atoms with Crippen LogP contribution in [0.25, 0.3) is 0 Å². The van der Waals surface area contributed by atoms with Crippen molar-refractivity contribution in [1.29, 1.82) is 0 Å². The van der Waals surface area contributed by atoms with Gasteiger partial charge in [-0.3, -0.25) is 0 Å². The van der Waals surface area contributed by atoms with Crippen LogP contribution in [-0.2, 0) is 14.3 Å². The average Bonchev–Trinajstić information content (AvgIpc) is 2.99. The van der Waals surface area contributed by atoms with Gasteiger partial charge in [0.15, 0.2) is 6.10 Å². The summed E-state index contributed by atoms with van der Waals surface area (Å²) in [5.41, 5.74) is 0.811. The van der Waals surface area contributed by atoms with Crippen molar-refractivity contribution in [3.8, 4) is 0 Å². The van der Waals surface area contributed by atoms with Crippen molar-refractivity contribution < 1.29 is 14.3 Å². The van der Waals surface area contributed by atoms with Crippen LogP contribution < -0.4 is 0 Å². The third-order valence-electron chi connectivity index (χ3n) is 1.92.